The lowest BCUT2D eigenvalue weighted by molar-refractivity contribution is -0.122. The summed E-state index contributed by atoms with van der Waals surface area (Å²) in [6, 6.07) is 8.51. The molecule has 104 valence electrons. The predicted molar refractivity (Wildman–Crippen MR) is 79.6 cm³/mol. The highest BCUT2D eigenvalue weighted by atomic mass is 16.2. The Balaban J connectivity index is 2.29. The fourth-order valence-corrected chi connectivity index (χ4v) is 2.88. The van der Waals surface area contributed by atoms with Crippen LogP contribution in [0.4, 0.5) is 5.69 Å². The van der Waals surface area contributed by atoms with Gasteiger partial charge in [-0.15, -0.1) is 0 Å². The first kappa shape index (κ1) is 14.1. The first-order chi connectivity index (χ1) is 9.02. The number of hydrogen-bond donors (Lipinski definition) is 1. The van der Waals surface area contributed by atoms with Gasteiger partial charge in [0.25, 0.3) is 0 Å². The fraction of sp³-hybridized carbons (Fsp3) is 0.562. The van der Waals surface area contributed by atoms with Gasteiger partial charge < -0.3 is 10.2 Å². The Morgan fingerprint density at radius 1 is 1.32 bits per heavy atom. The van der Waals surface area contributed by atoms with Crippen molar-refractivity contribution in [1.29, 1.82) is 0 Å². The van der Waals surface area contributed by atoms with Crippen LogP contribution in [0.15, 0.2) is 24.3 Å². The van der Waals surface area contributed by atoms with Gasteiger partial charge in [0.1, 0.15) is 0 Å². The molecule has 0 aliphatic carbocycles. The summed E-state index contributed by atoms with van der Waals surface area (Å²) in [5.41, 5.74) is 1.82. The van der Waals surface area contributed by atoms with Gasteiger partial charge in [0.2, 0.25) is 5.91 Å². The topological polar surface area (TPSA) is 32.3 Å². The second kappa shape index (κ2) is 5.33. The number of benzene rings is 1. The van der Waals surface area contributed by atoms with Gasteiger partial charge in [-0.25, -0.2) is 0 Å². The maximum atomic E-state index is 12.6. The molecule has 0 spiro atoms. The maximum absolute atomic E-state index is 12.6. The van der Waals surface area contributed by atoms with Gasteiger partial charge in [0.05, 0.1) is 5.41 Å². The van der Waals surface area contributed by atoms with Crippen molar-refractivity contribution in [2.75, 3.05) is 18.5 Å². The molecule has 19 heavy (non-hydrogen) atoms. The molecule has 1 aliphatic heterocycles. The molecule has 1 aliphatic rings. The van der Waals surface area contributed by atoms with Crippen molar-refractivity contribution in [3.8, 4) is 0 Å². The predicted octanol–water partition coefficient (Wildman–Crippen LogP) is 2.70. The molecule has 1 aromatic rings. The van der Waals surface area contributed by atoms with E-state index in [-0.39, 0.29) is 5.91 Å². The van der Waals surface area contributed by atoms with E-state index in [1.807, 2.05) is 37.9 Å². The number of amides is 1. The largest absolute Gasteiger partial charge is 0.315 e. The van der Waals surface area contributed by atoms with Gasteiger partial charge in [0, 0.05) is 18.3 Å². The van der Waals surface area contributed by atoms with E-state index < -0.39 is 5.41 Å². The van der Waals surface area contributed by atoms with Crippen molar-refractivity contribution in [2.45, 2.75) is 45.1 Å². The van der Waals surface area contributed by atoms with Crippen LogP contribution in [-0.2, 0) is 10.2 Å². The summed E-state index contributed by atoms with van der Waals surface area (Å²) >= 11 is 0. The first-order valence-electron chi connectivity index (χ1n) is 7.11. The van der Waals surface area contributed by atoms with Gasteiger partial charge in [-0.05, 0) is 38.9 Å². The highest BCUT2D eigenvalue weighted by Gasteiger charge is 2.43. The summed E-state index contributed by atoms with van der Waals surface area (Å²) in [4.78, 5) is 14.6. The van der Waals surface area contributed by atoms with E-state index in [1.165, 1.54) is 0 Å². The van der Waals surface area contributed by atoms with Gasteiger partial charge >= 0.3 is 0 Å². The molecule has 0 saturated carbocycles. The molecule has 3 nitrogen and oxygen atoms in total. The van der Waals surface area contributed by atoms with E-state index in [4.69, 9.17) is 0 Å². The van der Waals surface area contributed by atoms with Crippen molar-refractivity contribution in [3.05, 3.63) is 29.8 Å². The number of rotatable bonds is 5. The summed E-state index contributed by atoms with van der Waals surface area (Å²) in [6.07, 6.45) is 2.21. The summed E-state index contributed by atoms with van der Waals surface area (Å²) in [5, 5.41) is 3.31. The van der Waals surface area contributed by atoms with Crippen LogP contribution in [0.3, 0.4) is 0 Å². The lowest BCUT2D eigenvalue weighted by Gasteiger charge is -2.25. The quantitative estimate of drug-likeness (QED) is 0.883. The van der Waals surface area contributed by atoms with E-state index in [1.54, 1.807) is 0 Å². The van der Waals surface area contributed by atoms with Crippen molar-refractivity contribution in [1.82, 2.24) is 5.32 Å². The smallest absolute Gasteiger partial charge is 0.237 e. The summed E-state index contributed by atoms with van der Waals surface area (Å²) in [7, 11) is 1.97. The third kappa shape index (κ3) is 2.39. The third-order valence-corrected chi connectivity index (χ3v) is 4.10. The standard InChI is InChI=1S/C16H24N2O/c1-5-8-12(17-4)11-18-14-10-7-6-9-13(14)16(2,3)15(18)19/h6-7,9-10,12,17H,5,8,11H2,1-4H3. The minimum atomic E-state index is -0.402. The Bertz CT molecular complexity index is 468. The maximum Gasteiger partial charge on any atom is 0.237 e. The third-order valence-electron chi connectivity index (χ3n) is 4.10. The van der Waals surface area contributed by atoms with Crippen LogP contribution in [0.25, 0.3) is 0 Å². The number of likely N-dealkylation sites (N-methyl/N-ethyl adjacent to an activating group) is 1. The average Bonchev–Trinajstić information content (AvgIpc) is 2.60. The summed E-state index contributed by atoms with van der Waals surface area (Å²) in [6.45, 7) is 6.96. The Hall–Kier alpha value is -1.35. The first-order valence-corrected chi connectivity index (χ1v) is 7.11. The van der Waals surface area contributed by atoms with E-state index in [2.05, 4.69) is 24.4 Å². The number of nitrogens with one attached hydrogen (secondary N) is 1. The van der Waals surface area contributed by atoms with E-state index in [9.17, 15) is 4.79 Å². The van der Waals surface area contributed by atoms with E-state index in [0.29, 0.717) is 6.04 Å². The van der Waals surface area contributed by atoms with Crippen LogP contribution in [0, 0.1) is 0 Å². The molecule has 0 aromatic heterocycles. The van der Waals surface area contributed by atoms with Crippen molar-refractivity contribution < 1.29 is 4.79 Å². The van der Waals surface area contributed by atoms with E-state index in [0.717, 1.165) is 30.6 Å². The van der Waals surface area contributed by atoms with Crippen molar-refractivity contribution in [3.63, 3.8) is 0 Å². The van der Waals surface area contributed by atoms with Crippen molar-refractivity contribution in [2.24, 2.45) is 0 Å². The molecule has 1 unspecified atom stereocenters. The molecule has 0 fully saturated rings. The fourth-order valence-electron chi connectivity index (χ4n) is 2.88. The molecule has 3 heteroatoms. The minimum Gasteiger partial charge on any atom is -0.315 e. The second-order valence-electron chi connectivity index (χ2n) is 5.83. The molecule has 0 radical (unpaired) electrons. The monoisotopic (exact) mass is 260 g/mol. The van der Waals surface area contributed by atoms with Crippen LogP contribution in [0.1, 0.15) is 39.2 Å². The molecule has 1 N–H and O–H groups in total. The summed E-state index contributed by atoms with van der Waals surface area (Å²) in [5.74, 6) is 0.213. The van der Waals surface area contributed by atoms with Crippen LogP contribution < -0.4 is 10.2 Å². The average molecular weight is 260 g/mol. The number of fused-ring (bicyclic) bond motifs is 1. The molecule has 2 rings (SSSR count). The molecule has 1 aromatic carbocycles. The van der Waals surface area contributed by atoms with E-state index >= 15 is 0 Å². The highest BCUT2D eigenvalue weighted by molar-refractivity contribution is 6.07. The molecule has 0 saturated heterocycles. The van der Waals surface area contributed by atoms with Gasteiger partial charge in [-0.1, -0.05) is 31.5 Å². The normalized spacial score (nSPS) is 18.5. The minimum absolute atomic E-state index is 0.213. The number of carbonyl (C=O) groups excluding carboxylic acids is 1. The zero-order valence-corrected chi connectivity index (χ0v) is 12.4. The number of anilines is 1. The molecular weight excluding hydrogens is 236 g/mol. The lowest BCUT2D eigenvalue weighted by atomic mass is 9.86. The Kier molecular flexibility index (Phi) is 3.95. The molecular formula is C16H24N2O. The number of carbonyl (C=O) groups is 1. The SMILES string of the molecule is CCCC(CN1C(=O)C(C)(C)c2ccccc21)NC. The van der Waals surface area contributed by atoms with Crippen LogP contribution in [0.2, 0.25) is 0 Å². The summed E-state index contributed by atoms with van der Waals surface area (Å²) < 4.78 is 0. The molecule has 1 heterocycles. The van der Waals surface area contributed by atoms with Gasteiger partial charge in [0.15, 0.2) is 0 Å². The van der Waals surface area contributed by atoms with Gasteiger partial charge in [-0.3, -0.25) is 4.79 Å². The zero-order chi connectivity index (χ0) is 14.0. The number of nitrogens with zero attached hydrogens (tertiary/aromatic N) is 1. The van der Waals surface area contributed by atoms with Gasteiger partial charge in [-0.2, -0.15) is 0 Å². The van der Waals surface area contributed by atoms with Crippen LogP contribution in [-0.4, -0.2) is 25.5 Å². The zero-order valence-electron chi connectivity index (χ0n) is 12.4. The second-order valence-corrected chi connectivity index (χ2v) is 5.83. The Morgan fingerprint density at radius 2 is 2.00 bits per heavy atom. The Labute approximate surface area is 116 Å². The highest BCUT2D eigenvalue weighted by Crippen LogP contribution is 2.41. The number of hydrogen-bond acceptors (Lipinski definition) is 2. The lowest BCUT2D eigenvalue weighted by Crippen LogP contribution is -2.44. The van der Waals surface area contributed by atoms with Crippen LogP contribution in [0.5, 0.6) is 0 Å². The molecule has 1 atom stereocenters. The molecule has 0 bridgehead atoms. The number of para-hydroxylation sites is 1. The van der Waals surface area contributed by atoms with Crippen LogP contribution >= 0.6 is 0 Å². The van der Waals surface area contributed by atoms with Crippen molar-refractivity contribution >= 4 is 11.6 Å². The Morgan fingerprint density at radius 3 is 2.63 bits per heavy atom. The molecule has 1 amide bonds.